The van der Waals surface area contributed by atoms with E-state index < -0.39 is 0 Å². The molecule has 0 N–H and O–H groups in total. The fourth-order valence-corrected chi connectivity index (χ4v) is 8.33. The van der Waals surface area contributed by atoms with Crippen molar-refractivity contribution in [3.8, 4) is 67.2 Å². The van der Waals surface area contributed by atoms with Gasteiger partial charge >= 0.3 is 0 Å². The Kier molecular flexibility index (Phi) is 13.2. The summed E-state index contributed by atoms with van der Waals surface area (Å²) in [5.74, 6) is 1.83. The van der Waals surface area contributed by atoms with Crippen molar-refractivity contribution in [3.05, 3.63) is 264 Å². The third-order valence-corrected chi connectivity index (χ3v) is 12.5. The monoisotopic (exact) mass is 864 g/mol. The van der Waals surface area contributed by atoms with Crippen molar-refractivity contribution in [2.45, 2.75) is 41.5 Å². The van der Waals surface area contributed by atoms with Crippen LogP contribution in [0.5, 0.6) is 0 Å². The van der Waals surface area contributed by atoms with Gasteiger partial charge in [0.25, 0.3) is 0 Å². The van der Waals surface area contributed by atoms with Crippen LogP contribution in [-0.4, -0.2) is 0 Å². The van der Waals surface area contributed by atoms with Crippen LogP contribution in [0.2, 0.25) is 0 Å². The number of aryl methyl sites for hydroxylation is 6. The van der Waals surface area contributed by atoms with Crippen LogP contribution in [0.15, 0.2) is 235 Å². The molecule has 0 radical (unpaired) electrons. The molecule has 0 fully saturated rings. The van der Waals surface area contributed by atoms with E-state index in [1.165, 1.54) is 99.4 Å². The Morgan fingerprint density at radius 3 is 0.701 bits per heavy atom. The Morgan fingerprint density at radius 2 is 0.388 bits per heavy atom. The minimum Gasteiger partial charge on any atom is -0.456 e. The van der Waals surface area contributed by atoms with Crippen molar-refractivity contribution in [2.24, 2.45) is 0 Å². The highest BCUT2D eigenvalue weighted by Gasteiger charge is 2.08. The Balaban J connectivity index is 0.000000127. The van der Waals surface area contributed by atoms with Gasteiger partial charge in [-0.05, 0) is 138 Å². The van der Waals surface area contributed by atoms with Gasteiger partial charge in [0.05, 0.1) is 0 Å². The lowest BCUT2D eigenvalue weighted by molar-refractivity contribution is 0.597. The predicted molar refractivity (Wildman–Crippen MR) is 288 cm³/mol. The first-order valence-corrected chi connectivity index (χ1v) is 23.2. The number of benzene rings is 10. The molecule has 0 bridgehead atoms. The van der Waals surface area contributed by atoms with E-state index in [2.05, 4.69) is 260 Å². The lowest BCUT2D eigenvalue weighted by Crippen LogP contribution is -1.82. The normalized spacial score (nSPS) is 10.8. The van der Waals surface area contributed by atoms with Crippen molar-refractivity contribution in [1.29, 1.82) is 0 Å². The van der Waals surface area contributed by atoms with Crippen LogP contribution in [0.25, 0.3) is 88.7 Å². The average molecular weight is 865 g/mol. The Labute approximate surface area is 396 Å². The van der Waals surface area contributed by atoms with Gasteiger partial charge in [-0.3, -0.25) is 0 Å². The summed E-state index contributed by atoms with van der Waals surface area (Å²) in [6, 6.07) is 82.5. The maximum atomic E-state index is 5.94. The van der Waals surface area contributed by atoms with Crippen molar-refractivity contribution >= 4 is 21.5 Å². The summed E-state index contributed by atoms with van der Waals surface area (Å²) in [7, 11) is 0. The van der Waals surface area contributed by atoms with E-state index in [1.807, 2.05) is 12.1 Å². The van der Waals surface area contributed by atoms with E-state index in [-0.39, 0.29) is 0 Å². The van der Waals surface area contributed by atoms with E-state index in [9.17, 15) is 0 Å². The molecule has 1 aromatic heterocycles. The number of hydrogen-bond donors (Lipinski definition) is 0. The van der Waals surface area contributed by atoms with Crippen molar-refractivity contribution in [3.63, 3.8) is 0 Å². The van der Waals surface area contributed by atoms with Crippen LogP contribution in [0.4, 0.5) is 0 Å². The summed E-state index contributed by atoms with van der Waals surface area (Å²) in [5.41, 5.74) is 20.1. The highest BCUT2D eigenvalue weighted by atomic mass is 16.3. The Bertz CT molecular complexity index is 3240. The molecule has 1 heterocycles. The molecule has 0 saturated carbocycles. The van der Waals surface area contributed by atoms with Gasteiger partial charge in [0.2, 0.25) is 0 Å². The molecule has 1 nitrogen and oxygen atoms in total. The number of furan rings is 1. The van der Waals surface area contributed by atoms with E-state index in [0.717, 1.165) is 22.6 Å². The van der Waals surface area contributed by atoms with Gasteiger partial charge in [-0.25, -0.2) is 0 Å². The zero-order valence-electron chi connectivity index (χ0n) is 39.3. The summed E-state index contributed by atoms with van der Waals surface area (Å²) in [6.07, 6.45) is 0. The van der Waals surface area contributed by atoms with Crippen molar-refractivity contribution in [2.75, 3.05) is 0 Å². The first kappa shape index (κ1) is 44.2. The van der Waals surface area contributed by atoms with Gasteiger partial charge in [0.1, 0.15) is 11.5 Å². The SMILES string of the molecule is Cc1ccc(-c2ccc(-c3ccc(C)cc3)o2)cc1.Cc1ccc(-c2ccc(-c3ccc4cc(C)ccc4c3)cc2)cc1.Cc1ccc(-c2ccc3cc(-c4ccc(C)cc4)ccc3c2)cc1. The Hall–Kier alpha value is -8.00. The first-order chi connectivity index (χ1) is 32.6. The largest absolute Gasteiger partial charge is 0.456 e. The van der Waals surface area contributed by atoms with Crippen molar-refractivity contribution in [1.82, 2.24) is 0 Å². The van der Waals surface area contributed by atoms with Crippen LogP contribution in [0.3, 0.4) is 0 Å². The maximum absolute atomic E-state index is 5.94. The zero-order chi connectivity index (χ0) is 46.3. The van der Waals surface area contributed by atoms with Gasteiger partial charge in [0, 0.05) is 11.1 Å². The number of rotatable bonds is 6. The molecule has 0 aliphatic carbocycles. The minimum absolute atomic E-state index is 0.913. The third kappa shape index (κ3) is 10.9. The standard InChI is InChI=1S/2C24H20.C18H16O/c1-17-3-7-19(8-4-17)21-11-13-24-16-22(12-14-23(24)15-21)20-9-5-18(2)6-10-20;1-17-3-6-19(7-4-17)20-9-11-21(12-10-20)23-14-13-22-15-18(2)5-8-24(22)16-23;1-13-3-7-15(8-4-13)17-11-12-18(19-17)16-9-5-14(2)6-10-16/h2*3-16H,1-2H3;3-12H,1-2H3. The van der Waals surface area contributed by atoms with Crippen LogP contribution >= 0.6 is 0 Å². The topological polar surface area (TPSA) is 13.1 Å². The van der Waals surface area contributed by atoms with Gasteiger partial charge in [0.15, 0.2) is 0 Å². The van der Waals surface area contributed by atoms with Crippen LogP contribution in [0, 0.1) is 41.5 Å². The van der Waals surface area contributed by atoms with E-state index in [1.54, 1.807) is 0 Å². The molecule has 0 unspecified atom stereocenters. The van der Waals surface area contributed by atoms with E-state index >= 15 is 0 Å². The van der Waals surface area contributed by atoms with Gasteiger partial charge in [-0.15, -0.1) is 0 Å². The molecule has 0 spiro atoms. The minimum atomic E-state index is 0.913. The summed E-state index contributed by atoms with van der Waals surface area (Å²) < 4.78 is 5.94. The molecule has 10 aromatic carbocycles. The summed E-state index contributed by atoms with van der Waals surface area (Å²) in [4.78, 5) is 0. The van der Waals surface area contributed by atoms with Crippen LogP contribution in [-0.2, 0) is 0 Å². The quantitative estimate of drug-likeness (QED) is 0.162. The molecule has 1 heteroatoms. The highest BCUT2D eigenvalue weighted by molar-refractivity contribution is 5.91. The molecule has 67 heavy (non-hydrogen) atoms. The average Bonchev–Trinajstić information content (AvgIpc) is 3.86. The predicted octanol–water partition coefficient (Wildman–Crippen LogP) is 18.8. The van der Waals surface area contributed by atoms with Gasteiger partial charge < -0.3 is 4.42 Å². The van der Waals surface area contributed by atoms with Crippen LogP contribution < -0.4 is 0 Å². The molecular formula is C66H56O. The highest BCUT2D eigenvalue weighted by Crippen LogP contribution is 2.32. The lowest BCUT2D eigenvalue weighted by atomic mass is 9.97. The lowest BCUT2D eigenvalue weighted by Gasteiger charge is -2.08. The summed E-state index contributed by atoms with van der Waals surface area (Å²) in [6.45, 7) is 12.7. The first-order valence-electron chi connectivity index (χ1n) is 23.2. The second-order valence-electron chi connectivity index (χ2n) is 17.9. The van der Waals surface area contributed by atoms with E-state index in [4.69, 9.17) is 4.42 Å². The fraction of sp³-hybridized carbons (Fsp3) is 0.0909. The molecule has 0 aliphatic heterocycles. The van der Waals surface area contributed by atoms with Gasteiger partial charge in [-0.1, -0.05) is 234 Å². The number of fused-ring (bicyclic) bond motifs is 2. The molecular weight excluding hydrogens is 809 g/mol. The third-order valence-electron chi connectivity index (χ3n) is 12.5. The van der Waals surface area contributed by atoms with Crippen LogP contribution in [0.1, 0.15) is 33.4 Å². The molecule has 0 amide bonds. The van der Waals surface area contributed by atoms with Gasteiger partial charge in [-0.2, -0.15) is 0 Å². The maximum Gasteiger partial charge on any atom is 0.134 e. The second kappa shape index (κ2) is 20.0. The molecule has 0 aliphatic rings. The molecule has 0 atom stereocenters. The number of hydrogen-bond acceptors (Lipinski definition) is 1. The second-order valence-corrected chi connectivity index (χ2v) is 17.9. The molecule has 0 saturated heterocycles. The summed E-state index contributed by atoms with van der Waals surface area (Å²) >= 11 is 0. The molecule has 11 aromatic rings. The molecule has 326 valence electrons. The van der Waals surface area contributed by atoms with E-state index in [0.29, 0.717) is 0 Å². The Morgan fingerprint density at radius 1 is 0.179 bits per heavy atom. The zero-order valence-corrected chi connectivity index (χ0v) is 39.3. The summed E-state index contributed by atoms with van der Waals surface area (Å²) in [5, 5.41) is 5.16. The fourth-order valence-electron chi connectivity index (χ4n) is 8.33. The smallest absolute Gasteiger partial charge is 0.134 e. The molecule has 11 rings (SSSR count). The van der Waals surface area contributed by atoms with Crippen molar-refractivity contribution < 1.29 is 4.42 Å².